The van der Waals surface area contributed by atoms with E-state index >= 15 is 0 Å². The van der Waals surface area contributed by atoms with Crippen molar-refractivity contribution >= 4 is 41.1 Å². The highest BCUT2D eigenvalue weighted by molar-refractivity contribution is 7.80. The second-order valence-corrected chi connectivity index (χ2v) is 10.2. The molecule has 13 nitrogen and oxygen atoms in total. The Balaban J connectivity index is 1.37. The van der Waals surface area contributed by atoms with Crippen LogP contribution in [0.5, 0.6) is 17.2 Å². The van der Waals surface area contributed by atoms with Gasteiger partial charge in [-0.2, -0.15) is 5.10 Å². The second-order valence-electron chi connectivity index (χ2n) is 9.76. The number of carbonyl (C=O) groups excluding carboxylic acids is 2. The van der Waals surface area contributed by atoms with E-state index in [1.165, 1.54) is 18.3 Å². The number of para-hydroxylation sites is 1. The van der Waals surface area contributed by atoms with E-state index in [0.717, 1.165) is 5.56 Å². The van der Waals surface area contributed by atoms with E-state index in [1.54, 1.807) is 68.4 Å². The molecule has 240 valence electrons. The van der Waals surface area contributed by atoms with E-state index < -0.39 is 22.8 Å². The van der Waals surface area contributed by atoms with Gasteiger partial charge in [0, 0.05) is 23.4 Å². The number of nitro benzene ring substituents is 1. The third-order valence-electron chi connectivity index (χ3n) is 6.57. The SMILES string of the molecule is CCOC(=O)C1=C(C)NC(=S)N[C@@H]1c1ccccc1OCC(=O)NN=Cc1ccc(OCc2ccc([N+](=O)[O-])cc2)c(OCC)c1. The first-order valence-corrected chi connectivity index (χ1v) is 14.7. The first-order valence-electron chi connectivity index (χ1n) is 14.3. The topological polar surface area (TPSA) is 163 Å². The molecule has 0 saturated carbocycles. The molecule has 0 bridgehead atoms. The van der Waals surface area contributed by atoms with Gasteiger partial charge in [-0.1, -0.05) is 18.2 Å². The van der Waals surface area contributed by atoms with Crippen LogP contribution in [0.3, 0.4) is 0 Å². The first-order chi connectivity index (χ1) is 22.2. The minimum Gasteiger partial charge on any atom is -0.490 e. The fourth-order valence-electron chi connectivity index (χ4n) is 4.48. The molecule has 0 aliphatic carbocycles. The largest absolute Gasteiger partial charge is 0.490 e. The van der Waals surface area contributed by atoms with Gasteiger partial charge in [-0.25, -0.2) is 10.2 Å². The number of benzene rings is 3. The van der Waals surface area contributed by atoms with Crippen molar-refractivity contribution in [3.05, 3.63) is 105 Å². The summed E-state index contributed by atoms with van der Waals surface area (Å²) >= 11 is 5.31. The van der Waals surface area contributed by atoms with Gasteiger partial charge in [0.25, 0.3) is 11.6 Å². The Morgan fingerprint density at radius 2 is 1.76 bits per heavy atom. The number of thiocarbonyl (C=S) groups is 1. The highest BCUT2D eigenvalue weighted by Crippen LogP contribution is 2.34. The van der Waals surface area contributed by atoms with Crippen LogP contribution < -0.4 is 30.3 Å². The minimum atomic E-state index is -0.647. The summed E-state index contributed by atoms with van der Waals surface area (Å²) in [5.41, 5.74) is 5.36. The molecule has 14 heteroatoms. The van der Waals surface area contributed by atoms with Gasteiger partial charge in [0.1, 0.15) is 12.4 Å². The van der Waals surface area contributed by atoms with Gasteiger partial charge in [-0.3, -0.25) is 14.9 Å². The van der Waals surface area contributed by atoms with Crippen LogP contribution in [0.1, 0.15) is 43.5 Å². The number of esters is 1. The zero-order valence-electron chi connectivity index (χ0n) is 25.4. The Kier molecular flexibility index (Phi) is 11.6. The monoisotopic (exact) mass is 647 g/mol. The highest BCUT2D eigenvalue weighted by Gasteiger charge is 2.32. The Morgan fingerprint density at radius 3 is 2.48 bits per heavy atom. The minimum absolute atomic E-state index is 0.00244. The molecule has 1 heterocycles. The summed E-state index contributed by atoms with van der Waals surface area (Å²) in [6.45, 7) is 5.74. The van der Waals surface area contributed by atoms with Crippen molar-refractivity contribution in [2.75, 3.05) is 19.8 Å². The number of amides is 1. The lowest BCUT2D eigenvalue weighted by molar-refractivity contribution is -0.384. The summed E-state index contributed by atoms with van der Waals surface area (Å²) in [6.07, 6.45) is 1.45. The predicted octanol–water partition coefficient (Wildman–Crippen LogP) is 4.46. The van der Waals surface area contributed by atoms with Crippen molar-refractivity contribution in [3.8, 4) is 17.2 Å². The Morgan fingerprint density at radius 1 is 1.00 bits per heavy atom. The van der Waals surface area contributed by atoms with Crippen molar-refractivity contribution in [1.29, 1.82) is 0 Å². The fraction of sp³-hybridized carbons (Fsp3) is 0.250. The standard InChI is InChI=1S/C32H33N5O8S/c1-4-42-27-16-22(12-15-26(27)44-18-21-10-13-23(14-11-21)37(40)41)17-33-36-28(38)19-45-25-9-7-6-8-24(25)30-29(31(39)43-5-2)20(3)34-32(46)35-30/h6-17,30H,4-5,18-19H2,1-3H3,(H,36,38)(H2,34,35,46)/t30-/m1/s1. The molecule has 0 radical (unpaired) electrons. The highest BCUT2D eigenvalue weighted by atomic mass is 32.1. The van der Waals surface area contributed by atoms with Gasteiger partial charge in [0.15, 0.2) is 23.2 Å². The number of carbonyl (C=O) groups is 2. The van der Waals surface area contributed by atoms with Crippen molar-refractivity contribution < 1.29 is 33.5 Å². The molecule has 4 rings (SSSR count). The van der Waals surface area contributed by atoms with Crippen LogP contribution in [-0.4, -0.2) is 47.9 Å². The number of allylic oxidation sites excluding steroid dienone is 1. The number of hydrogen-bond acceptors (Lipinski definition) is 10. The molecule has 3 N–H and O–H groups in total. The summed E-state index contributed by atoms with van der Waals surface area (Å²) < 4.78 is 22.7. The third-order valence-corrected chi connectivity index (χ3v) is 6.79. The molecule has 0 aromatic heterocycles. The molecule has 1 aliphatic heterocycles. The number of hydrogen-bond donors (Lipinski definition) is 3. The maximum Gasteiger partial charge on any atom is 0.338 e. The van der Waals surface area contributed by atoms with Crippen LogP contribution in [0, 0.1) is 10.1 Å². The number of ether oxygens (including phenoxy) is 4. The molecule has 0 spiro atoms. The molecule has 1 aliphatic rings. The molecule has 3 aromatic rings. The van der Waals surface area contributed by atoms with Crippen molar-refractivity contribution in [2.45, 2.75) is 33.4 Å². The molecular formula is C32H33N5O8S. The van der Waals surface area contributed by atoms with Crippen LogP contribution in [0.25, 0.3) is 0 Å². The van der Waals surface area contributed by atoms with Gasteiger partial charge >= 0.3 is 5.97 Å². The number of nitrogens with zero attached hydrogens (tertiary/aromatic N) is 2. The molecule has 0 saturated heterocycles. The zero-order valence-corrected chi connectivity index (χ0v) is 26.2. The molecule has 0 fully saturated rings. The number of rotatable bonds is 14. The van der Waals surface area contributed by atoms with E-state index in [-0.39, 0.29) is 25.5 Å². The lowest BCUT2D eigenvalue weighted by atomic mass is 9.95. The fourth-order valence-corrected chi connectivity index (χ4v) is 4.75. The number of nitrogens with one attached hydrogen (secondary N) is 3. The van der Waals surface area contributed by atoms with Crippen molar-refractivity contribution in [2.24, 2.45) is 5.10 Å². The van der Waals surface area contributed by atoms with E-state index in [4.69, 9.17) is 31.2 Å². The zero-order chi connectivity index (χ0) is 33.1. The van der Waals surface area contributed by atoms with Crippen LogP contribution in [0.2, 0.25) is 0 Å². The summed E-state index contributed by atoms with van der Waals surface area (Å²) in [6, 6.07) is 17.6. The third kappa shape index (κ3) is 8.79. The van der Waals surface area contributed by atoms with E-state index in [0.29, 0.717) is 51.4 Å². The van der Waals surface area contributed by atoms with Crippen molar-refractivity contribution in [1.82, 2.24) is 16.1 Å². The number of hydrazone groups is 1. The van der Waals surface area contributed by atoms with Crippen LogP contribution in [-0.2, 0) is 20.9 Å². The Labute approximate surface area is 270 Å². The van der Waals surface area contributed by atoms with E-state index in [2.05, 4.69) is 21.2 Å². The van der Waals surface area contributed by atoms with Crippen LogP contribution in [0.4, 0.5) is 5.69 Å². The average Bonchev–Trinajstić information content (AvgIpc) is 3.03. The second kappa shape index (κ2) is 16.0. The maximum absolute atomic E-state index is 12.8. The van der Waals surface area contributed by atoms with Gasteiger partial charge in [0.2, 0.25) is 0 Å². The number of non-ortho nitro benzene ring substituents is 1. The van der Waals surface area contributed by atoms with Gasteiger partial charge < -0.3 is 29.6 Å². The normalized spacial score (nSPS) is 14.2. The smallest absolute Gasteiger partial charge is 0.338 e. The van der Waals surface area contributed by atoms with Crippen molar-refractivity contribution in [3.63, 3.8) is 0 Å². The quantitative estimate of drug-likeness (QED) is 0.0745. The summed E-state index contributed by atoms with van der Waals surface area (Å²) in [7, 11) is 0. The first kappa shape index (κ1) is 33.4. The Hall–Kier alpha value is -5.50. The summed E-state index contributed by atoms with van der Waals surface area (Å²) in [5.74, 6) is 0.325. The Bertz CT molecular complexity index is 1660. The molecule has 0 unspecified atom stereocenters. The van der Waals surface area contributed by atoms with Gasteiger partial charge in [-0.05, 0) is 80.5 Å². The van der Waals surface area contributed by atoms with Gasteiger partial charge in [0.05, 0.1) is 36.0 Å². The summed E-state index contributed by atoms with van der Waals surface area (Å²) in [4.78, 5) is 35.8. The van der Waals surface area contributed by atoms with Crippen LogP contribution >= 0.6 is 12.2 Å². The molecule has 46 heavy (non-hydrogen) atoms. The molecule has 1 amide bonds. The van der Waals surface area contributed by atoms with Gasteiger partial charge in [-0.15, -0.1) is 0 Å². The summed E-state index contributed by atoms with van der Waals surface area (Å²) in [5, 5.41) is 21.3. The maximum atomic E-state index is 12.8. The molecule has 3 aromatic carbocycles. The predicted molar refractivity (Wildman–Crippen MR) is 174 cm³/mol. The molecular weight excluding hydrogens is 614 g/mol. The van der Waals surface area contributed by atoms with E-state index in [9.17, 15) is 19.7 Å². The lowest BCUT2D eigenvalue weighted by Gasteiger charge is -2.30. The van der Waals surface area contributed by atoms with E-state index in [1.807, 2.05) is 6.92 Å². The number of nitro groups is 1. The van der Waals surface area contributed by atoms with Crippen LogP contribution in [0.15, 0.2) is 83.1 Å². The average molecular weight is 648 g/mol. The lowest BCUT2D eigenvalue weighted by Crippen LogP contribution is -2.45. The molecule has 1 atom stereocenters.